The van der Waals surface area contributed by atoms with Gasteiger partial charge in [0.1, 0.15) is 5.60 Å². The molecule has 0 radical (unpaired) electrons. The molecule has 0 bridgehead atoms. The van der Waals surface area contributed by atoms with Gasteiger partial charge in [0.2, 0.25) is 5.62 Å². The van der Waals surface area contributed by atoms with Gasteiger partial charge in [-0.05, 0) is 76.4 Å². The summed E-state index contributed by atoms with van der Waals surface area (Å²) in [5, 5.41) is 3.15. The minimum atomic E-state index is -0.704. The lowest BCUT2D eigenvalue weighted by molar-refractivity contribution is 0.0592. The summed E-state index contributed by atoms with van der Waals surface area (Å²) in [5.41, 5.74) is 6.73. The largest absolute Gasteiger partial charge is 0.442 e. The molecule has 5 rings (SSSR count). The number of amides is 2. The summed E-state index contributed by atoms with van der Waals surface area (Å²) >= 11 is 0. The van der Waals surface area contributed by atoms with Crippen LogP contribution in [0.3, 0.4) is 0 Å². The maximum Gasteiger partial charge on any atom is 0.437 e. The van der Waals surface area contributed by atoms with Gasteiger partial charge in [-0.1, -0.05) is 90.0 Å². The number of rotatable bonds is 8. The number of hydrogen-bond donors (Lipinski definition) is 1. The Bertz CT molecular complexity index is 1810. The second-order valence-electron chi connectivity index (χ2n) is 12.2. The highest BCUT2D eigenvalue weighted by molar-refractivity contribution is 5.94. The van der Waals surface area contributed by atoms with E-state index in [1.807, 2.05) is 63.2 Å². The fourth-order valence-corrected chi connectivity index (χ4v) is 5.27. The molecule has 1 heterocycles. The van der Waals surface area contributed by atoms with E-state index in [4.69, 9.17) is 4.74 Å². The molecule has 1 unspecified atom stereocenters. The number of carbonyl (C=O) groups is 2. The van der Waals surface area contributed by atoms with Gasteiger partial charge < -0.3 is 19.2 Å². The molecule has 2 amide bonds. The third-order valence-electron chi connectivity index (χ3n) is 7.43. The average Bonchev–Trinajstić information content (AvgIpc) is 3.29. The van der Waals surface area contributed by atoms with E-state index in [9.17, 15) is 9.59 Å². The Morgan fingerprint density at radius 1 is 0.773 bits per heavy atom. The van der Waals surface area contributed by atoms with Crippen LogP contribution in [0.1, 0.15) is 59.4 Å². The Labute approximate surface area is 258 Å². The van der Waals surface area contributed by atoms with Crippen molar-refractivity contribution in [1.82, 2.24) is 14.5 Å². The first-order chi connectivity index (χ1) is 21.1. The van der Waals surface area contributed by atoms with Crippen molar-refractivity contribution in [2.24, 2.45) is 4.99 Å². The third kappa shape index (κ3) is 7.53. The Balaban J connectivity index is 1.68. The van der Waals surface area contributed by atoms with Crippen LogP contribution in [0, 0.1) is 13.8 Å². The zero-order valence-electron chi connectivity index (χ0n) is 26.1. The van der Waals surface area contributed by atoms with Crippen LogP contribution in [-0.4, -0.2) is 33.3 Å². The first kappa shape index (κ1) is 30.5. The van der Waals surface area contributed by atoms with Crippen molar-refractivity contribution >= 4 is 23.0 Å². The number of benzene rings is 4. The molecule has 1 aromatic heterocycles. The maximum absolute atomic E-state index is 13.3. The molecule has 1 N–H and O–H groups in total. The van der Waals surface area contributed by atoms with E-state index in [-0.39, 0.29) is 11.9 Å². The summed E-state index contributed by atoms with van der Waals surface area (Å²) in [6, 6.07) is 33.7. The number of nitrogens with zero attached hydrogens (tertiary/aromatic N) is 3. The molecule has 0 saturated heterocycles. The molecule has 0 aliphatic heterocycles. The number of nitrogens with one attached hydrogen (secondary N) is 1. The van der Waals surface area contributed by atoms with Crippen LogP contribution in [0.25, 0.3) is 11.0 Å². The quantitative estimate of drug-likeness (QED) is 0.209. The first-order valence-corrected chi connectivity index (χ1v) is 15.0. The Hall–Kier alpha value is -4.91. The molecule has 0 saturated carbocycles. The van der Waals surface area contributed by atoms with E-state index in [0.717, 1.165) is 22.2 Å². The standard InChI is InChI=1S/C37H40N4O3/c1-26-15-19-28(20-16-26)23-31(24-38-34(42)30-11-7-6-8-12-30)41-33-14-10-9-13-32(33)40(25-29-21-17-27(2)18-22-29)35(41)39-36(43)44-37(3,4)5/h6-22,31H,23-25H2,1-5H3,(H,38,42)/b39-35-. The topological polar surface area (TPSA) is 77.6 Å². The predicted molar refractivity (Wildman–Crippen MR) is 175 cm³/mol. The Morgan fingerprint density at radius 3 is 1.95 bits per heavy atom. The molecule has 5 aromatic rings. The number of ether oxygens (including phenoxy) is 1. The van der Waals surface area contributed by atoms with Crippen LogP contribution in [0.5, 0.6) is 0 Å². The zero-order chi connectivity index (χ0) is 31.3. The van der Waals surface area contributed by atoms with Crippen LogP contribution >= 0.6 is 0 Å². The lowest BCUT2D eigenvalue weighted by atomic mass is 10.0. The lowest BCUT2D eigenvalue weighted by Crippen LogP contribution is -2.38. The van der Waals surface area contributed by atoms with Crippen molar-refractivity contribution in [2.75, 3.05) is 6.54 Å². The van der Waals surface area contributed by atoms with Crippen molar-refractivity contribution in [3.8, 4) is 0 Å². The molecule has 0 fully saturated rings. The highest BCUT2D eigenvalue weighted by Gasteiger charge is 2.23. The summed E-state index contributed by atoms with van der Waals surface area (Å²) in [7, 11) is 0. The normalized spacial score (nSPS) is 12.7. The van der Waals surface area contributed by atoms with Crippen LogP contribution in [0.2, 0.25) is 0 Å². The van der Waals surface area contributed by atoms with Crippen LogP contribution in [0.4, 0.5) is 4.79 Å². The number of imidazole rings is 1. The molecule has 7 nitrogen and oxygen atoms in total. The smallest absolute Gasteiger partial charge is 0.437 e. The monoisotopic (exact) mass is 588 g/mol. The van der Waals surface area contributed by atoms with Gasteiger partial charge in [0, 0.05) is 12.1 Å². The molecular weight excluding hydrogens is 548 g/mol. The molecule has 0 aliphatic carbocycles. The number of aryl methyl sites for hydroxylation is 2. The molecule has 0 spiro atoms. The highest BCUT2D eigenvalue weighted by atomic mass is 16.6. The summed E-state index contributed by atoms with van der Waals surface area (Å²) in [5.74, 6) is -0.158. The van der Waals surface area contributed by atoms with Gasteiger partial charge in [-0.3, -0.25) is 4.79 Å². The SMILES string of the molecule is Cc1ccc(CC(CNC(=O)c2ccccc2)n2/c(=N\C(=O)OC(C)(C)C)n(Cc3ccc(C)cc3)c3ccccc32)cc1. The van der Waals surface area contributed by atoms with Gasteiger partial charge in [0.05, 0.1) is 23.6 Å². The molecule has 7 heteroatoms. The Kier molecular flexibility index (Phi) is 9.14. The van der Waals surface area contributed by atoms with E-state index in [1.54, 1.807) is 12.1 Å². The second kappa shape index (κ2) is 13.2. The molecule has 44 heavy (non-hydrogen) atoms. The number of fused-ring (bicyclic) bond motifs is 1. The van der Waals surface area contributed by atoms with Gasteiger partial charge >= 0.3 is 6.09 Å². The molecule has 4 aromatic carbocycles. The maximum atomic E-state index is 13.3. The third-order valence-corrected chi connectivity index (χ3v) is 7.43. The molecule has 226 valence electrons. The Morgan fingerprint density at radius 2 is 1.34 bits per heavy atom. The minimum Gasteiger partial charge on any atom is -0.442 e. The summed E-state index contributed by atoms with van der Waals surface area (Å²) < 4.78 is 9.82. The summed E-state index contributed by atoms with van der Waals surface area (Å²) in [6.45, 7) is 10.4. The first-order valence-electron chi connectivity index (χ1n) is 15.0. The van der Waals surface area contributed by atoms with Gasteiger partial charge in [-0.25, -0.2) is 4.79 Å². The van der Waals surface area contributed by atoms with Crippen molar-refractivity contribution < 1.29 is 14.3 Å². The summed E-state index contributed by atoms with van der Waals surface area (Å²) in [6.07, 6.45) is -0.0586. The van der Waals surface area contributed by atoms with Crippen molar-refractivity contribution in [3.63, 3.8) is 0 Å². The lowest BCUT2D eigenvalue weighted by Gasteiger charge is -2.22. The molecule has 0 aliphatic rings. The van der Waals surface area contributed by atoms with Crippen molar-refractivity contribution in [3.05, 3.63) is 137 Å². The van der Waals surface area contributed by atoms with Gasteiger partial charge in [-0.15, -0.1) is 4.99 Å². The minimum absolute atomic E-state index is 0.158. The van der Waals surface area contributed by atoms with E-state index < -0.39 is 11.7 Å². The van der Waals surface area contributed by atoms with Gasteiger partial charge in [0.25, 0.3) is 5.91 Å². The van der Waals surface area contributed by atoms with Crippen LogP contribution < -0.4 is 10.9 Å². The van der Waals surface area contributed by atoms with Crippen molar-refractivity contribution in [2.45, 2.75) is 59.2 Å². The zero-order valence-corrected chi connectivity index (χ0v) is 26.1. The summed E-state index contributed by atoms with van der Waals surface area (Å²) in [4.78, 5) is 31.1. The fourth-order valence-electron chi connectivity index (χ4n) is 5.27. The molecular formula is C37H40N4O3. The van der Waals surface area contributed by atoms with Gasteiger partial charge in [0.15, 0.2) is 0 Å². The second-order valence-corrected chi connectivity index (χ2v) is 12.2. The van der Waals surface area contributed by atoms with E-state index in [0.29, 0.717) is 30.7 Å². The van der Waals surface area contributed by atoms with Crippen LogP contribution in [-0.2, 0) is 17.7 Å². The fraction of sp³-hybridized carbons (Fsp3) is 0.270. The average molecular weight is 589 g/mol. The number of carbonyl (C=O) groups excluding carboxylic acids is 2. The predicted octanol–water partition coefficient (Wildman–Crippen LogP) is 7.16. The van der Waals surface area contributed by atoms with E-state index in [1.165, 1.54) is 11.1 Å². The number of aromatic nitrogens is 2. The van der Waals surface area contributed by atoms with E-state index in [2.05, 4.69) is 81.8 Å². The molecule has 1 atom stereocenters. The highest BCUT2D eigenvalue weighted by Crippen LogP contribution is 2.22. The van der Waals surface area contributed by atoms with E-state index >= 15 is 0 Å². The number of hydrogen-bond acceptors (Lipinski definition) is 3. The van der Waals surface area contributed by atoms with Gasteiger partial charge in [-0.2, -0.15) is 0 Å². The van der Waals surface area contributed by atoms with Crippen molar-refractivity contribution in [1.29, 1.82) is 0 Å². The van der Waals surface area contributed by atoms with Crippen LogP contribution in [0.15, 0.2) is 108 Å². The number of para-hydroxylation sites is 2.